The molecule has 4 heteroatoms. The van der Waals surface area contributed by atoms with E-state index in [1.54, 1.807) is 13.0 Å². The fourth-order valence-corrected chi connectivity index (χ4v) is 2.08. The summed E-state index contributed by atoms with van der Waals surface area (Å²) >= 11 is 0. The van der Waals surface area contributed by atoms with Crippen molar-refractivity contribution in [2.75, 3.05) is 31.2 Å². The Kier molecular flexibility index (Phi) is 3.97. The predicted molar refractivity (Wildman–Crippen MR) is 64.8 cm³/mol. The first-order valence-electron chi connectivity index (χ1n) is 5.96. The van der Waals surface area contributed by atoms with Crippen molar-refractivity contribution in [1.82, 2.24) is 0 Å². The zero-order valence-corrected chi connectivity index (χ0v) is 10.0. The van der Waals surface area contributed by atoms with Crippen molar-refractivity contribution in [3.05, 3.63) is 29.6 Å². The number of anilines is 1. The summed E-state index contributed by atoms with van der Waals surface area (Å²) < 4.78 is 19.2. The van der Waals surface area contributed by atoms with Crippen LogP contribution in [0, 0.1) is 5.82 Å². The van der Waals surface area contributed by atoms with E-state index in [9.17, 15) is 9.50 Å². The van der Waals surface area contributed by atoms with E-state index in [-0.39, 0.29) is 5.82 Å². The lowest BCUT2D eigenvalue weighted by molar-refractivity contribution is 0.122. The van der Waals surface area contributed by atoms with Gasteiger partial charge in [0.15, 0.2) is 0 Å². The van der Waals surface area contributed by atoms with E-state index in [1.165, 1.54) is 6.07 Å². The normalized spacial score (nSPS) is 18.2. The van der Waals surface area contributed by atoms with Gasteiger partial charge in [0.1, 0.15) is 5.82 Å². The average Bonchev–Trinajstić information content (AvgIpc) is 2.29. The minimum Gasteiger partial charge on any atom is -0.393 e. The van der Waals surface area contributed by atoms with Crippen molar-refractivity contribution in [2.45, 2.75) is 19.4 Å². The summed E-state index contributed by atoms with van der Waals surface area (Å²) in [5.41, 5.74) is 1.46. The van der Waals surface area contributed by atoms with Crippen molar-refractivity contribution in [2.24, 2.45) is 0 Å². The van der Waals surface area contributed by atoms with Crippen LogP contribution in [0.5, 0.6) is 0 Å². The van der Waals surface area contributed by atoms with Crippen molar-refractivity contribution in [3.63, 3.8) is 0 Å². The highest BCUT2D eigenvalue weighted by Gasteiger charge is 2.15. The summed E-state index contributed by atoms with van der Waals surface area (Å²) in [7, 11) is 0. The van der Waals surface area contributed by atoms with E-state index >= 15 is 0 Å². The highest BCUT2D eigenvalue weighted by atomic mass is 19.1. The third kappa shape index (κ3) is 3.17. The number of aliphatic hydroxyl groups excluding tert-OH is 1. The van der Waals surface area contributed by atoms with E-state index in [0.717, 1.165) is 18.7 Å². The molecule has 3 nitrogen and oxygen atoms in total. The first kappa shape index (κ1) is 12.3. The Bertz CT molecular complexity index is 376. The Morgan fingerprint density at radius 2 is 2.12 bits per heavy atom. The molecular formula is C13H18FNO2. The molecule has 1 unspecified atom stereocenters. The van der Waals surface area contributed by atoms with Crippen molar-refractivity contribution >= 4 is 5.69 Å². The lowest BCUT2D eigenvalue weighted by Crippen LogP contribution is -2.36. The van der Waals surface area contributed by atoms with Gasteiger partial charge >= 0.3 is 0 Å². The highest BCUT2D eigenvalue weighted by Crippen LogP contribution is 2.22. The van der Waals surface area contributed by atoms with Gasteiger partial charge in [0.2, 0.25) is 0 Å². The maximum atomic E-state index is 13.9. The Hall–Kier alpha value is -1.13. The molecule has 0 radical (unpaired) electrons. The number of hydrogen-bond acceptors (Lipinski definition) is 3. The van der Waals surface area contributed by atoms with Gasteiger partial charge < -0.3 is 14.7 Å². The Morgan fingerprint density at radius 3 is 2.71 bits per heavy atom. The summed E-state index contributed by atoms with van der Waals surface area (Å²) in [6, 6.07) is 5.18. The van der Waals surface area contributed by atoms with Crippen LogP contribution in [0.3, 0.4) is 0 Å². The van der Waals surface area contributed by atoms with E-state index in [2.05, 4.69) is 0 Å². The molecular weight excluding hydrogens is 221 g/mol. The number of ether oxygens (including phenoxy) is 1. The second kappa shape index (κ2) is 5.47. The van der Waals surface area contributed by atoms with Gasteiger partial charge in [-0.3, -0.25) is 0 Å². The molecule has 1 aliphatic heterocycles. The van der Waals surface area contributed by atoms with Crippen LogP contribution in [0.15, 0.2) is 18.2 Å². The van der Waals surface area contributed by atoms with Crippen LogP contribution >= 0.6 is 0 Å². The molecule has 1 atom stereocenters. The van der Waals surface area contributed by atoms with Crippen LogP contribution in [0.2, 0.25) is 0 Å². The lowest BCUT2D eigenvalue weighted by Gasteiger charge is -2.29. The van der Waals surface area contributed by atoms with Gasteiger partial charge in [-0.15, -0.1) is 0 Å². The molecule has 94 valence electrons. The van der Waals surface area contributed by atoms with Crippen molar-refractivity contribution < 1.29 is 14.2 Å². The average molecular weight is 239 g/mol. The zero-order chi connectivity index (χ0) is 12.3. The van der Waals surface area contributed by atoms with Gasteiger partial charge in [0.05, 0.1) is 25.0 Å². The van der Waals surface area contributed by atoms with Crippen LogP contribution < -0.4 is 4.90 Å². The summed E-state index contributed by atoms with van der Waals surface area (Å²) in [6.45, 7) is 4.46. The molecule has 17 heavy (non-hydrogen) atoms. The number of halogens is 1. The first-order valence-corrected chi connectivity index (χ1v) is 5.96. The summed E-state index contributed by atoms with van der Waals surface area (Å²) in [6.07, 6.45) is 0.0453. The van der Waals surface area contributed by atoms with Crippen LogP contribution in [0.25, 0.3) is 0 Å². The minimum absolute atomic E-state index is 0.218. The van der Waals surface area contributed by atoms with E-state index in [4.69, 9.17) is 4.74 Å². The molecule has 1 aromatic carbocycles. The third-order valence-electron chi connectivity index (χ3n) is 2.89. The van der Waals surface area contributed by atoms with E-state index < -0.39 is 6.10 Å². The summed E-state index contributed by atoms with van der Waals surface area (Å²) in [5.74, 6) is -0.218. The number of benzene rings is 1. The Morgan fingerprint density at radius 1 is 1.41 bits per heavy atom. The Labute approximate surface area is 101 Å². The molecule has 1 heterocycles. The minimum atomic E-state index is -0.441. The van der Waals surface area contributed by atoms with Crippen LogP contribution in [-0.4, -0.2) is 37.5 Å². The van der Waals surface area contributed by atoms with Gasteiger partial charge in [-0.25, -0.2) is 4.39 Å². The molecule has 0 amide bonds. The van der Waals surface area contributed by atoms with Crippen molar-refractivity contribution in [3.8, 4) is 0 Å². The number of rotatable bonds is 3. The van der Waals surface area contributed by atoms with Gasteiger partial charge in [0, 0.05) is 13.1 Å². The fraction of sp³-hybridized carbons (Fsp3) is 0.538. The maximum Gasteiger partial charge on any atom is 0.146 e. The molecule has 0 saturated carbocycles. The topological polar surface area (TPSA) is 32.7 Å². The first-order chi connectivity index (χ1) is 8.16. The highest BCUT2D eigenvalue weighted by molar-refractivity contribution is 5.49. The molecule has 1 N–H and O–H groups in total. The fourth-order valence-electron chi connectivity index (χ4n) is 2.08. The molecule has 0 spiro atoms. The second-order valence-electron chi connectivity index (χ2n) is 4.44. The Balaban J connectivity index is 2.13. The molecule has 0 aliphatic carbocycles. The standard InChI is InChI=1S/C13H18FNO2/c1-10(16)8-11-2-3-13(12(14)9-11)15-4-6-17-7-5-15/h2-3,9-10,16H,4-8H2,1H3. The summed E-state index contributed by atoms with van der Waals surface area (Å²) in [4.78, 5) is 1.99. The molecule has 1 fully saturated rings. The maximum absolute atomic E-state index is 13.9. The van der Waals surface area contributed by atoms with E-state index in [0.29, 0.717) is 25.3 Å². The number of nitrogens with zero attached hydrogens (tertiary/aromatic N) is 1. The quantitative estimate of drug-likeness (QED) is 0.869. The molecule has 0 aromatic heterocycles. The molecule has 1 aromatic rings. The SMILES string of the molecule is CC(O)Cc1ccc(N2CCOCC2)c(F)c1. The number of morpholine rings is 1. The van der Waals surface area contributed by atoms with Crippen LogP contribution in [0.1, 0.15) is 12.5 Å². The zero-order valence-electron chi connectivity index (χ0n) is 10.0. The molecule has 2 rings (SSSR count). The largest absolute Gasteiger partial charge is 0.393 e. The molecule has 0 bridgehead atoms. The third-order valence-corrected chi connectivity index (χ3v) is 2.89. The van der Waals surface area contributed by atoms with Gasteiger partial charge in [-0.1, -0.05) is 6.07 Å². The monoisotopic (exact) mass is 239 g/mol. The number of hydrogen-bond donors (Lipinski definition) is 1. The number of aliphatic hydroxyl groups is 1. The summed E-state index contributed by atoms with van der Waals surface area (Å²) in [5, 5.41) is 9.27. The van der Waals surface area contributed by atoms with Crippen molar-refractivity contribution in [1.29, 1.82) is 0 Å². The van der Waals surface area contributed by atoms with E-state index in [1.807, 2.05) is 11.0 Å². The van der Waals surface area contributed by atoms with Gasteiger partial charge in [-0.05, 0) is 31.0 Å². The van der Waals surface area contributed by atoms with Gasteiger partial charge in [0.25, 0.3) is 0 Å². The van der Waals surface area contributed by atoms with Crippen LogP contribution in [0.4, 0.5) is 10.1 Å². The van der Waals surface area contributed by atoms with Crippen LogP contribution in [-0.2, 0) is 11.2 Å². The predicted octanol–water partition coefficient (Wildman–Crippen LogP) is 1.59. The molecule has 1 aliphatic rings. The molecule has 1 saturated heterocycles. The second-order valence-corrected chi connectivity index (χ2v) is 4.44. The lowest BCUT2D eigenvalue weighted by atomic mass is 10.1. The smallest absolute Gasteiger partial charge is 0.146 e. The van der Waals surface area contributed by atoms with Gasteiger partial charge in [-0.2, -0.15) is 0 Å².